The first-order chi connectivity index (χ1) is 13.2. The van der Waals surface area contributed by atoms with Gasteiger partial charge in [-0.25, -0.2) is 10.5 Å². The molecule has 1 aromatic carbocycles. The molecule has 1 aliphatic carbocycles. The number of hydrogen-bond donors (Lipinski definition) is 2. The third-order valence-corrected chi connectivity index (χ3v) is 5.45. The fourth-order valence-corrected chi connectivity index (χ4v) is 3.99. The van der Waals surface area contributed by atoms with Gasteiger partial charge in [0.15, 0.2) is 0 Å². The van der Waals surface area contributed by atoms with Crippen LogP contribution < -0.4 is 15.1 Å². The fraction of sp³-hybridized carbons (Fsp3) is 0.429. The van der Waals surface area contributed by atoms with E-state index in [-0.39, 0.29) is 6.10 Å². The van der Waals surface area contributed by atoms with Crippen LogP contribution in [0, 0.1) is 0 Å². The largest absolute Gasteiger partial charge is 0.490 e. The van der Waals surface area contributed by atoms with E-state index in [1.165, 1.54) is 24.8 Å². The number of fused-ring (bicyclic) bond motifs is 1. The molecule has 2 heterocycles. The van der Waals surface area contributed by atoms with Gasteiger partial charge < -0.3 is 9.64 Å². The number of piperidine rings is 1. The molecule has 2 aromatic rings. The maximum absolute atomic E-state index is 11.6. The molecule has 0 bridgehead atoms. The molecule has 1 unspecified atom stereocenters. The summed E-state index contributed by atoms with van der Waals surface area (Å²) in [4.78, 5) is 18.4. The molecule has 142 valence electrons. The summed E-state index contributed by atoms with van der Waals surface area (Å²) in [5.74, 6) is 1.40. The smallest absolute Gasteiger partial charge is 0.274 e. The lowest BCUT2D eigenvalue weighted by Gasteiger charge is -2.29. The van der Waals surface area contributed by atoms with Gasteiger partial charge in [0.2, 0.25) is 0 Å². The van der Waals surface area contributed by atoms with Gasteiger partial charge in [-0.3, -0.25) is 10.0 Å². The number of anilines is 1. The monoisotopic (exact) mass is 367 g/mol. The summed E-state index contributed by atoms with van der Waals surface area (Å²) in [5, 5.41) is 8.79. The van der Waals surface area contributed by atoms with Crippen LogP contribution in [0.3, 0.4) is 0 Å². The zero-order valence-electron chi connectivity index (χ0n) is 15.4. The highest BCUT2D eigenvalue weighted by Crippen LogP contribution is 2.28. The van der Waals surface area contributed by atoms with E-state index in [9.17, 15) is 4.79 Å². The Morgan fingerprint density at radius 2 is 2.00 bits per heavy atom. The predicted octanol–water partition coefficient (Wildman–Crippen LogP) is 3.13. The number of amides is 1. The summed E-state index contributed by atoms with van der Waals surface area (Å²) in [6.07, 6.45) is 8.27. The predicted molar refractivity (Wildman–Crippen MR) is 102 cm³/mol. The number of rotatable bonds is 4. The van der Waals surface area contributed by atoms with Gasteiger partial charge in [-0.2, -0.15) is 0 Å². The van der Waals surface area contributed by atoms with Crippen LogP contribution in [0.1, 0.15) is 47.2 Å². The van der Waals surface area contributed by atoms with E-state index < -0.39 is 5.91 Å². The van der Waals surface area contributed by atoms with Gasteiger partial charge in [0.1, 0.15) is 17.7 Å². The minimum absolute atomic E-state index is 0.117. The molecule has 0 spiro atoms. The number of ether oxygens (including phenoxy) is 1. The van der Waals surface area contributed by atoms with Crippen molar-refractivity contribution in [3.63, 3.8) is 0 Å². The average molecular weight is 367 g/mol. The highest BCUT2D eigenvalue weighted by molar-refractivity contribution is 5.93. The van der Waals surface area contributed by atoms with Crippen LogP contribution in [-0.4, -0.2) is 35.3 Å². The Kier molecular flexibility index (Phi) is 5.25. The number of benzene rings is 1. The maximum atomic E-state index is 11.6. The maximum Gasteiger partial charge on any atom is 0.274 e. The van der Waals surface area contributed by atoms with Gasteiger partial charge in [0.05, 0.1) is 0 Å². The molecule has 4 rings (SSSR count). The summed E-state index contributed by atoms with van der Waals surface area (Å²) in [6, 6.07) is 9.54. The van der Waals surface area contributed by atoms with E-state index in [1.807, 2.05) is 24.4 Å². The number of carbonyl (C=O) groups excluding carboxylic acids is 1. The van der Waals surface area contributed by atoms with Crippen molar-refractivity contribution in [2.24, 2.45) is 0 Å². The van der Waals surface area contributed by atoms with Crippen molar-refractivity contribution in [3.8, 4) is 5.75 Å². The van der Waals surface area contributed by atoms with Crippen LogP contribution in [0.4, 0.5) is 5.82 Å². The summed E-state index contributed by atoms with van der Waals surface area (Å²) in [6.45, 7) is 2.13. The SMILES string of the molecule is O=C(NO)c1ccc2c(c1)CCC(Oc1ccnc(N3CCCCC3)c1)C2. The third kappa shape index (κ3) is 4.06. The van der Waals surface area contributed by atoms with Crippen LogP contribution >= 0.6 is 0 Å². The number of carbonyl (C=O) groups is 1. The second-order valence-corrected chi connectivity index (χ2v) is 7.30. The van der Waals surface area contributed by atoms with E-state index >= 15 is 0 Å². The van der Waals surface area contributed by atoms with E-state index in [0.29, 0.717) is 5.56 Å². The summed E-state index contributed by atoms with van der Waals surface area (Å²) < 4.78 is 6.26. The van der Waals surface area contributed by atoms with Crippen LogP contribution in [0.15, 0.2) is 36.5 Å². The Hall–Kier alpha value is -2.60. The standard InChI is InChI=1S/C21H25N3O3/c25-21(23-26)17-5-4-16-13-18(7-6-15(16)12-17)27-19-8-9-22-20(14-19)24-10-2-1-3-11-24/h4-5,8-9,12,14,18,26H,1-3,6-7,10-11,13H2,(H,23,25). The normalized spacial score (nSPS) is 19.3. The lowest BCUT2D eigenvalue weighted by molar-refractivity contribution is 0.0706. The van der Waals surface area contributed by atoms with Gasteiger partial charge >= 0.3 is 0 Å². The molecule has 0 saturated carbocycles. The minimum Gasteiger partial charge on any atom is -0.490 e. The van der Waals surface area contributed by atoms with Crippen molar-refractivity contribution < 1.29 is 14.7 Å². The summed E-state index contributed by atoms with van der Waals surface area (Å²) >= 11 is 0. The quantitative estimate of drug-likeness (QED) is 0.641. The van der Waals surface area contributed by atoms with Gasteiger partial charge in [-0.1, -0.05) is 6.07 Å². The van der Waals surface area contributed by atoms with Crippen LogP contribution in [-0.2, 0) is 12.8 Å². The Labute approximate surface area is 159 Å². The summed E-state index contributed by atoms with van der Waals surface area (Å²) in [5.41, 5.74) is 4.52. The van der Waals surface area contributed by atoms with Crippen molar-refractivity contribution in [3.05, 3.63) is 53.2 Å². The molecule has 1 aromatic heterocycles. The number of nitrogens with one attached hydrogen (secondary N) is 1. The molecule has 1 saturated heterocycles. The van der Waals surface area contributed by atoms with E-state index in [1.54, 1.807) is 11.5 Å². The summed E-state index contributed by atoms with van der Waals surface area (Å²) in [7, 11) is 0. The zero-order chi connectivity index (χ0) is 18.6. The van der Waals surface area contributed by atoms with Crippen LogP contribution in [0.5, 0.6) is 5.75 Å². The molecule has 2 N–H and O–H groups in total. The highest BCUT2D eigenvalue weighted by atomic mass is 16.5. The van der Waals surface area contributed by atoms with Crippen molar-refractivity contribution in [2.45, 2.75) is 44.6 Å². The van der Waals surface area contributed by atoms with Crippen molar-refractivity contribution in [2.75, 3.05) is 18.0 Å². The Balaban J connectivity index is 1.43. The number of pyridine rings is 1. The van der Waals surface area contributed by atoms with Crippen LogP contribution in [0.25, 0.3) is 0 Å². The molecular weight excluding hydrogens is 342 g/mol. The molecule has 1 aliphatic heterocycles. The number of nitrogens with zero attached hydrogens (tertiary/aromatic N) is 2. The molecule has 1 fully saturated rings. The molecule has 6 heteroatoms. The fourth-order valence-electron chi connectivity index (χ4n) is 3.99. The van der Waals surface area contributed by atoms with E-state index in [2.05, 4.69) is 16.0 Å². The Morgan fingerprint density at radius 1 is 1.15 bits per heavy atom. The molecule has 2 aliphatic rings. The van der Waals surface area contributed by atoms with Gasteiger partial charge in [-0.15, -0.1) is 0 Å². The first-order valence-corrected chi connectivity index (χ1v) is 9.67. The molecular formula is C21H25N3O3. The molecule has 1 amide bonds. The van der Waals surface area contributed by atoms with Crippen molar-refractivity contribution in [1.29, 1.82) is 0 Å². The van der Waals surface area contributed by atoms with Crippen LogP contribution in [0.2, 0.25) is 0 Å². The first kappa shape index (κ1) is 17.8. The topological polar surface area (TPSA) is 74.7 Å². The Bertz CT molecular complexity index is 818. The third-order valence-electron chi connectivity index (χ3n) is 5.45. The lowest BCUT2D eigenvalue weighted by Crippen LogP contribution is -2.30. The Morgan fingerprint density at radius 3 is 2.81 bits per heavy atom. The second kappa shape index (κ2) is 7.96. The molecule has 1 atom stereocenters. The number of aryl methyl sites for hydroxylation is 1. The van der Waals surface area contributed by atoms with Crippen molar-refractivity contribution in [1.82, 2.24) is 10.5 Å². The van der Waals surface area contributed by atoms with E-state index in [0.717, 1.165) is 49.5 Å². The second-order valence-electron chi connectivity index (χ2n) is 7.30. The molecule has 27 heavy (non-hydrogen) atoms. The number of hydrogen-bond acceptors (Lipinski definition) is 5. The van der Waals surface area contributed by atoms with E-state index in [4.69, 9.17) is 9.94 Å². The van der Waals surface area contributed by atoms with Gasteiger partial charge in [0.25, 0.3) is 5.91 Å². The lowest BCUT2D eigenvalue weighted by atomic mass is 9.88. The number of aromatic nitrogens is 1. The average Bonchev–Trinajstić information content (AvgIpc) is 2.73. The number of hydroxylamine groups is 1. The van der Waals surface area contributed by atoms with Gasteiger partial charge in [0, 0.05) is 37.3 Å². The van der Waals surface area contributed by atoms with Crippen molar-refractivity contribution >= 4 is 11.7 Å². The van der Waals surface area contributed by atoms with Gasteiger partial charge in [-0.05, 0) is 61.4 Å². The molecule has 6 nitrogen and oxygen atoms in total. The molecule has 0 radical (unpaired) electrons. The highest BCUT2D eigenvalue weighted by Gasteiger charge is 2.22. The zero-order valence-corrected chi connectivity index (χ0v) is 15.4. The first-order valence-electron chi connectivity index (χ1n) is 9.67. The minimum atomic E-state index is -0.474.